The highest BCUT2D eigenvalue weighted by molar-refractivity contribution is 5.91. The molecule has 2 nitrogen and oxygen atoms in total. The smallest absolute Gasteiger partial charge is 0.155 e. The van der Waals surface area contributed by atoms with Gasteiger partial charge in [-0.3, -0.25) is 4.79 Å². The monoisotopic (exact) mass is 414 g/mol. The molecule has 4 rings (SSSR count). The minimum absolute atomic E-state index is 0.00791. The zero-order valence-corrected chi connectivity index (χ0v) is 20.4. The van der Waals surface area contributed by atoms with E-state index in [0.717, 1.165) is 36.0 Å². The average Bonchev–Trinajstić information content (AvgIpc) is 3.02. The third-order valence-corrected chi connectivity index (χ3v) is 10.9. The number of carbonyl (C=O) groups excluding carboxylic acids is 1. The second kappa shape index (κ2) is 8.05. The first-order chi connectivity index (χ1) is 14.1. The maximum absolute atomic E-state index is 12.1. The van der Waals surface area contributed by atoms with Crippen molar-refractivity contribution in [1.82, 2.24) is 0 Å². The van der Waals surface area contributed by atoms with Gasteiger partial charge in [0, 0.05) is 6.42 Å². The van der Waals surface area contributed by atoms with Gasteiger partial charge in [-0.1, -0.05) is 60.5 Å². The lowest BCUT2D eigenvalue weighted by Crippen LogP contribution is -2.58. The third-order valence-electron chi connectivity index (χ3n) is 10.9. The topological polar surface area (TPSA) is 37.3 Å². The molecule has 0 aromatic rings. The predicted molar refractivity (Wildman–Crippen MR) is 124 cm³/mol. The Labute approximate surface area is 185 Å². The maximum Gasteiger partial charge on any atom is 0.155 e. The van der Waals surface area contributed by atoms with Crippen molar-refractivity contribution in [3.8, 4) is 0 Å². The molecular weight excluding hydrogens is 368 g/mol. The van der Waals surface area contributed by atoms with E-state index in [1.807, 2.05) is 6.08 Å². The normalized spacial score (nSPS) is 47.5. The van der Waals surface area contributed by atoms with E-state index < -0.39 is 0 Å². The molecule has 4 aliphatic carbocycles. The molecule has 10 atom stereocenters. The minimum atomic E-state index is -0.218. The first-order valence-electron chi connectivity index (χ1n) is 13.0. The predicted octanol–water partition coefficient (Wildman–Crippen LogP) is 6.67. The number of hydrogen-bond acceptors (Lipinski definition) is 2. The first kappa shape index (κ1) is 22.6. The van der Waals surface area contributed by atoms with Gasteiger partial charge in [-0.15, -0.1) is 0 Å². The number of rotatable bonds is 5. The van der Waals surface area contributed by atoms with Gasteiger partial charge in [0.15, 0.2) is 5.78 Å². The Hall–Kier alpha value is -0.630. The van der Waals surface area contributed by atoms with Gasteiger partial charge in [-0.05, 0) is 96.4 Å². The Bertz CT molecular complexity index is 680. The van der Waals surface area contributed by atoms with Crippen molar-refractivity contribution in [2.75, 3.05) is 0 Å². The highest BCUT2D eigenvalue weighted by Crippen LogP contribution is 2.67. The molecule has 0 aliphatic heterocycles. The van der Waals surface area contributed by atoms with Crippen molar-refractivity contribution in [2.45, 2.75) is 99.0 Å². The Kier molecular flexibility index (Phi) is 6.06. The quantitative estimate of drug-likeness (QED) is 0.545. The van der Waals surface area contributed by atoms with Crippen LogP contribution in [0.2, 0.25) is 0 Å². The fraction of sp³-hybridized carbons (Fsp3) is 0.893. The number of ketones is 1. The molecule has 30 heavy (non-hydrogen) atoms. The Morgan fingerprint density at radius 3 is 2.50 bits per heavy atom. The van der Waals surface area contributed by atoms with Crippen molar-refractivity contribution >= 4 is 5.78 Å². The lowest BCUT2D eigenvalue weighted by molar-refractivity contribution is -0.153. The van der Waals surface area contributed by atoms with Gasteiger partial charge < -0.3 is 5.11 Å². The maximum atomic E-state index is 12.1. The Balaban J connectivity index is 1.53. The van der Waals surface area contributed by atoms with Crippen LogP contribution in [0.3, 0.4) is 0 Å². The van der Waals surface area contributed by atoms with Crippen molar-refractivity contribution in [3.05, 3.63) is 12.2 Å². The summed E-state index contributed by atoms with van der Waals surface area (Å²) in [5.41, 5.74) is 0.298. The van der Waals surface area contributed by atoms with Gasteiger partial charge in [0.1, 0.15) is 0 Å². The van der Waals surface area contributed by atoms with Crippen LogP contribution in [0.1, 0.15) is 92.9 Å². The molecule has 0 saturated heterocycles. The lowest BCUT2D eigenvalue weighted by Gasteiger charge is -2.61. The summed E-state index contributed by atoms with van der Waals surface area (Å²) in [5.74, 6) is 5.53. The highest BCUT2D eigenvalue weighted by Gasteiger charge is 2.62. The van der Waals surface area contributed by atoms with Crippen LogP contribution in [0.5, 0.6) is 0 Å². The summed E-state index contributed by atoms with van der Waals surface area (Å²) in [7, 11) is 0. The Morgan fingerprint density at radius 1 is 1.07 bits per heavy atom. The second-order valence-electron chi connectivity index (χ2n) is 12.7. The van der Waals surface area contributed by atoms with Crippen molar-refractivity contribution < 1.29 is 9.90 Å². The molecule has 2 heteroatoms. The number of hydrogen-bond donors (Lipinski definition) is 1. The second-order valence-corrected chi connectivity index (χ2v) is 12.7. The van der Waals surface area contributed by atoms with E-state index in [1.54, 1.807) is 0 Å². The summed E-state index contributed by atoms with van der Waals surface area (Å²) in [6.45, 7) is 14.5. The molecular formula is C28H46O2. The summed E-state index contributed by atoms with van der Waals surface area (Å²) >= 11 is 0. The van der Waals surface area contributed by atoms with Crippen LogP contribution in [0.4, 0.5) is 0 Å². The van der Waals surface area contributed by atoms with Gasteiger partial charge in [-0.25, -0.2) is 0 Å². The number of fused-ring (bicyclic) bond motifs is 5. The molecule has 0 unspecified atom stereocenters. The molecule has 0 bridgehead atoms. The summed E-state index contributed by atoms with van der Waals surface area (Å²) in [6.07, 6.45) is 13.2. The van der Waals surface area contributed by atoms with Gasteiger partial charge in [0.25, 0.3) is 0 Å². The number of allylic oxidation sites excluding steroid dienone is 2. The van der Waals surface area contributed by atoms with E-state index in [1.165, 1.54) is 38.5 Å². The van der Waals surface area contributed by atoms with Crippen LogP contribution in [-0.4, -0.2) is 17.0 Å². The SMILES string of the molecule is CC(C)[C@@H](C)CC[C@@H](C)[C@H]1CC[C@H]2[C@@H]3CC[C@H]4CC(=O)C=C[C@]4(C)[C@H]3[C@H](O)C[C@]12C. The molecule has 0 radical (unpaired) electrons. The third kappa shape index (κ3) is 3.54. The Morgan fingerprint density at radius 2 is 1.80 bits per heavy atom. The van der Waals surface area contributed by atoms with Crippen molar-refractivity contribution in [2.24, 2.45) is 58.2 Å². The van der Waals surface area contributed by atoms with Gasteiger partial charge in [-0.2, -0.15) is 0 Å². The summed E-state index contributed by atoms with van der Waals surface area (Å²) in [5, 5.41) is 11.6. The number of aliphatic hydroxyl groups excluding tert-OH is 1. The molecule has 3 saturated carbocycles. The van der Waals surface area contributed by atoms with Crippen LogP contribution in [0.15, 0.2) is 12.2 Å². The highest BCUT2D eigenvalue weighted by atomic mass is 16.3. The van der Waals surface area contributed by atoms with Crippen LogP contribution in [0, 0.1) is 58.2 Å². The standard InChI is InChI=1S/C28H46O2/c1-17(2)18(3)7-8-19(4)23-11-12-24-22-10-9-20-15-21(29)13-14-27(20,5)26(22)25(30)16-28(23,24)6/h13-14,17-20,22-26,30H,7-12,15-16H2,1-6H3/t18-,19+,20-,22-,23+,24-,25+,26+,27-,28+/m0/s1. The van der Waals surface area contributed by atoms with Crippen molar-refractivity contribution in [1.29, 1.82) is 0 Å². The molecule has 0 amide bonds. The van der Waals surface area contributed by atoms with E-state index in [-0.39, 0.29) is 17.3 Å². The average molecular weight is 415 g/mol. The minimum Gasteiger partial charge on any atom is -0.393 e. The molecule has 0 heterocycles. The van der Waals surface area contributed by atoms with Crippen LogP contribution in [0.25, 0.3) is 0 Å². The zero-order chi connectivity index (χ0) is 21.8. The van der Waals surface area contributed by atoms with Crippen LogP contribution >= 0.6 is 0 Å². The summed E-state index contributed by atoms with van der Waals surface area (Å²) in [6, 6.07) is 0. The van der Waals surface area contributed by atoms with Gasteiger partial charge in [0.05, 0.1) is 6.10 Å². The van der Waals surface area contributed by atoms with E-state index in [4.69, 9.17) is 0 Å². The molecule has 0 aromatic carbocycles. The molecule has 1 N–H and O–H groups in total. The van der Waals surface area contributed by atoms with Gasteiger partial charge in [0.2, 0.25) is 0 Å². The van der Waals surface area contributed by atoms with Crippen LogP contribution in [-0.2, 0) is 4.79 Å². The molecule has 0 spiro atoms. The van der Waals surface area contributed by atoms with E-state index in [9.17, 15) is 9.90 Å². The molecule has 170 valence electrons. The van der Waals surface area contributed by atoms with Gasteiger partial charge >= 0.3 is 0 Å². The molecule has 0 aromatic heterocycles. The van der Waals surface area contributed by atoms with E-state index in [0.29, 0.717) is 29.6 Å². The fourth-order valence-electron chi connectivity index (χ4n) is 8.79. The number of carbonyl (C=O) groups is 1. The number of aliphatic hydroxyl groups is 1. The summed E-state index contributed by atoms with van der Waals surface area (Å²) in [4.78, 5) is 12.1. The van der Waals surface area contributed by atoms with E-state index >= 15 is 0 Å². The van der Waals surface area contributed by atoms with Crippen molar-refractivity contribution in [3.63, 3.8) is 0 Å². The lowest BCUT2D eigenvalue weighted by atomic mass is 9.44. The summed E-state index contributed by atoms with van der Waals surface area (Å²) < 4.78 is 0. The zero-order valence-electron chi connectivity index (χ0n) is 20.4. The fourth-order valence-corrected chi connectivity index (χ4v) is 8.79. The van der Waals surface area contributed by atoms with Crippen LogP contribution < -0.4 is 0 Å². The molecule has 4 aliphatic rings. The molecule has 3 fully saturated rings. The van der Waals surface area contributed by atoms with E-state index in [2.05, 4.69) is 47.6 Å². The largest absolute Gasteiger partial charge is 0.393 e. The first-order valence-corrected chi connectivity index (χ1v) is 13.0.